The number of hydrogen-bond acceptors (Lipinski definition) is 4. The summed E-state index contributed by atoms with van der Waals surface area (Å²) in [6.45, 7) is 1.97. The lowest BCUT2D eigenvalue weighted by Crippen LogP contribution is -2.01. The number of nitrogen functional groups attached to an aromatic ring is 1. The molecule has 2 rings (SSSR count). The van der Waals surface area contributed by atoms with Crippen LogP contribution in [-0.4, -0.2) is 17.1 Å². The second-order valence-electron chi connectivity index (χ2n) is 3.80. The van der Waals surface area contributed by atoms with Gasteiger partial charge < -0.3 is 10.5 Å². The second-order valence-corrected chi connectivity index (χ2v) is 3.80. The highest BCUT2D eigenvalue weighted by molar-refractivity contribution is 5.68. The summed E-state index contributed by atoms with van der Waals surface area (Å²) in [7, 11) is 1.53. The monoisotopic (exact) mass is 247 g/mol. The van der Waals surface area contributed by atoms with Crippen LogP contribution < -0.4 is 10.5 Å². The van der Waals surface area contributed by atoms with Gasteiger partial charge in [-0.15, -0.1) is 0 Å². The maximum atomic E-state index is 13.3. The lowest BCUT2D eigenvalue weighted by Gasteiger charge is -2.09. The Morgan fingerprint density at radius 1 is 1.28 bits per heavy atom. The maximum absolute atomic E-state index is 13.3. The molecule has 0 radical (unpaired) electrons. The van der Waals surface area contributed by atoms with E-state index in [2.05, 4.69) is 9.97 Å². The Bertz CT molecular complexity index is 572. The number of anilines is 1. The largest absolute Gasteiger partial charge is 0.496 e. The van der Waals surface area contributed by atoms with E-state index < -0.39 is 0 Å². The van der Waals surface area contributed by atoms with Crippen LogP contribution in [0.25, 0.3) is 11.3 Å². The average molecular weight is 247 g/mol. The molecule has 0 aliphatic heterocycles. The maximum Gasteiger partial charge on any atom is 0.220 e. The third kappa shape index (κ3) is 2.40. The zero-order valence-electron chi connectivity index (χ0n) is 10.3. The van der Waals surface area contributed by atoms with Gasteiger partial charge in [-0.3, -0.25) is 0 Å². The number of aryl methyl sites for hydroxylation is 1. The first kappa shape index (κ1) is 12.3. The SMILES string of the molecule is CCc1cc(-c2cc(F)ccc2OC)nc(N)n1. The fourth-order valence-electron chi connectivity index (χ4n) is 1.72. The molecule has 0 aliphatic rings. The van der Waals surface area contributed by atoms with Crippen molar-refractivity contribution in [2.75, 3.05) is 12.8 Å². The number of nitrogens with zero attached hydrogens (tertiary/aromatic N) is 2. The van der Waals surface area contributed by atoms with Crippen molar-refractivity contribution >= 4 is 5.95 Å². The van der Waals surface area contributed by atoms with Crippen LogP contribution in [0, 0.1) is 5.82 Å². The standard InChI is InChI=1S/C13H14FN3O/c1-3-9-7-11(17-13(15)16-9)10-6-8(14)4-5-12(10)18-2/h4-7H,3H2,1-2H3,(H2,15,16,17). The molecule has 0 bridgehead atoms. The number of ether oxygens (including phenoxy) is 1. The molecule has 2 N–H and O–H groups in total. The third-order valence-electron chi connectivity index (χ3n) is 2.60. The molecule has 0 atom stereocenters. The van der Waals surface area contributed by atoms with E-state index in [0.29, 0.717) is 17.0 Å². The molecule has 1 aromatic carbocycles. The van der Waals surface area contributed by atoms with Gasteiger partial charge in [0.2, 0.25) is 5.95 Å². The summed E-state index contributed by atoms with van der Waals surface area (Å²) in [5.41, 5.74) is 7.59. The molecular formula is C13H14FN3O. The molecule has 0 amide bonds. The molecule has 4 nitrogen and oxygen atoms in total. The van der Waals surface area contributed by atoms with Gasteiger partial charge in [-0.2, -0.15) is 0 Å². The molecule has 5 heteroatoms. The summed E-state index contributed by atoms with van der Waals surface area (Å²) < 4.78 is 18.5. The number of halogens is 1. The fraction of sp³-hybridized carbons (Fsp3) is 0.231. The Kier molecular flexibility index (Phi) is 3.41. The predicted molar refractivity (Wildman–Crippen MR) is 67.8 cm³/mol. The first-order valence-electron chi connectivity index (χ1n) is 5.61. The molecule has 0 fully saturated rings. The van der Waals surface area contributed by atoms with Crippen LogP contribution in [0.4, 0.5) is 10.3 Å². The zero-order chi connectivity index (χ0) is 13.1. The first-order valence-corrected chi connectivity index (χ1v) is 5.61. The quantitative estimate of drug-likeness (QED) is 0.904. The summed E-state index contributed by atoms with van der Waals surface area (Å²) in [5, 5.41) is 0. The lowest BCUT2D eigenvalue weighted by molar-refractivity contribution is 0.415. The molecule has 0 saturated carbocycles. The number of methoxy groups -OCH3 is 1. The second kappa shape index (κ2) is 5.00. The smallest absolute Gasteiger partial charge is 0.220 e. The van der Waals surface area contributed by atoms with Crippen molar-refractivity contribution in [3.8, 4) is 17.0 Å². The molecule has 0 aliphatic carbocycles. The van der Waals surface area contributed by atoms with Gasteiger partial charge in [0, 0.05) is 11.3 Å². The minimum atomic E-state index is -0.346. The van der Waals surface area contributed by atoms with Crippen molar-refractivity contribution in [1.82, 2.24) is 9.97 Å². The highest BCUT2D eigenvalue weighted by Gasteiger charge is 2.10. The Morgan fingerprint density at radius 3 is 2.72 bits per heavy atom. The molecule has 94 valence electrons. The van der Waals surface area contributed by atoms with E-state index >= 15 is 0 Å². The van der Waals surface area contributed by atoms with Crippen molar-refractivity contribution in [2.45, 2.75) is 13.3 Å². The highest BCUT2D eigenvalue weighted by atomic mass is 19.1. The van der Waals surface area contributed by atoms with E-state index in [1.807, 2.05) is 6.92 Å². The first-order chi connectivity index (χ1) is 8.63. The fourth-order valence-corrected chi connectivity index (χ4v) is 1.72. The zero-order valence-corrected chi connectivity index (χ0v) is 10.3. The summed E-state index contributed by atoms with van der Waals surface area (Å²) in [4.78, 5) is 8.21. The predicted octanol–water partition coefficient (Wildman–Crippen LogP) is 2.44. The number of hydrogen-bond donors (Lipinski definition) is 1. The molecule has 1 heterocycles. The Labute approximate surface area is 105 Å². The Balaban J connectivity index is 2.60. The number of benzene rings is 1. The van der Waals surface area contributed by atoms with Gasteiger partial charge in [-0.1, -0.05) is 6.92 Å². The van der Waals surface area contributed by atoms with E-state index in [0.717, 1.165) is 12.1 Å². The Morgan fingerprint density at radius 2 is 2.06 bits per heavy atom. The minimum absolute atomic E-state index is 0.177. The average Bonchev–Trinajstić information content (AvgIpc) is 2.38. The number of aromatic nitrogens is 2. The summed E-state index contributed by atoms with van der Waals surface area (Å²) in [6.07, 6.45) is 0.733. The summed E-state index contributed by atoms with van der Waals surface area (Å²) in [6, 6.07) is 6.07. The van der Waals surface area contributed by atoms with Crippen molar-refractivity contribution in [1.29, 1.82) is 0 Å². The van der Waals surface area contributed by atoms with E-state index in [-0.39, 0.29) is 11.8 Å². The molecule has 0 saturated heterocycles. The van der Waals surface area contributed by atoms with Crippen LogP contribution in [0.2, 0.25) is 0 Å². The summed E-state index contributed by atoms with van der Waals surface area (Å²) >= 11 is 0. The van der Waals surface area contributed by atoms with Crippen molar-refractivity contribution in [3.63, 3.8) is 0 Å². The topological polar surface area (TPSA) is 61.0 Å². The third-order valence-corrected chi connectivity index (χ3v) is 2.60. The van der Waals surface area contributed by atoms with Gasteiger partial charge in [0.05, 0.1) is 12.8 Å². The van der Waals surface area contributed by atoms with Crippen LogP contribution in [-0.2, 0) is 6.42 Å². The van der Waals surface area contributed by atoms with Crippen molar-refractivity contribution in [3.05, 3.63) is 35.8 Å². The molecule has 18 heavy (non-hydrogen) atoms. The Hall–Kier alpha value is -2.17. The normalized spacial score (nSPS) is 10.4. The van der Waals surface area contributed by atoms with Crippen LogP contribution in [0.3, 0.4) is 0 Å². The number of nitrogens with two attached hydrogens (primary N) is 1. The van der Waals surface area contributed by atoms with E-state index in [4.69, 9.17) is 10.5 Å². The lowest BCUT2D eigenvalue weighted by atomic mass is 10.1. The van der Waals surface area contributed by atoms with Crippen molar-refractivity contribution < 1.29 is 9.13 Å². The van der Waals surface area contributed by atoms with E-state index in [9.17, 15) is 4.39 Å². The van der Waals surface area contributed by atoms with Gasteiger partial charge in [0.25, 0.3) is 0 Å². The molecule has 0 spiro atoms. The van der Waals surface area contributed by atoms with Crippen LogP contribution >= 0.6 is 0 Å². The molecule has 1 aromatic heterocycles. The van der Waals surface area contributed by atoms with Gasteiger partial charge >= 0.3 is 0 Å². The summed E-state index contributed by atoms with van der Waals surface area (Å²) in [5.74, 6) is 0.383. The van der Waals surface area contributed by atoms with Crippen LogP contribution in [0.1, 0.15) is 12.6 Å². The van der Waals surface area contributed by atoms with E-state index in [1.54, 1.807) is 12.1 Å². The van der Waals surface area contributed by atoms with Gasteiger partial charge in [0.15, 0.2) is 0 Å². The van der Waals surface area contributed by atoms with E-state index in [1.165, 1.54) is 19.2 Å². The van der Waals surface area contributed by atoms with Gasteiger partial charge in [0.1, 0.15) is 11.6 Å². The molecule has 2 aromatic rings. The van der Waals surface area contributed by atoms with Crippen molar-refractivity contribution in [2.24, 2.45) is 0 Å². The molecular weight excluding hydrogens is 233 g/mol. The number of rotatable bonds is 3. The minimum Gasteiger partial charge on any atom is -0.496 e. The van der Waals surface area contributed by atoms with Crippen LogP contribution in [0.15, 0.2) is 24.3 Å². The van der Waals surface area contributed by atoms with Crippen LogP contribution in [0.5, 0.6) is 5.75 Å². The van der Waals surface area contributed by atoms with Gasteiger partial charge in [-0.05, 0) is 30.7 Å². The highest BCUT2D eigenvalue weighted by Crippen LogP contribution is 2.29. The van der Waals surface area contributed by atoms with Gasteiger partial charge in [-0.25, -0.2) is 14.4 Å². The molecule has 0 unspecified atom stereocenters.